The molecule has 0 aliphatic carbocycles. The maximum atomic E-state index is 10.1. The van der Waals surface area contributed by atoms with Gasteiger partial charge in [-0.25, -0.2) is 4.98 Å². The Hall–Kier alpha value is -0.870. The summed E-state index contributed by atoms with van der Waals surface area (Å²) in [6.45, 7) is -0.150. The molecule has 6 heteroatoms. The highest BCUT2D eigenvalue weighted by Gasteiger charge is 2.05. The Kier molecular flexibility index (Phi) is 3.45. The maximum Gasteiger partial charge on any atom is 0.208 e. The fraction of sp³-hybridized carbons (Fsp3) is 0.286. The molecule has 0 saturated heterocycles. The second-order valence-electron chi connectivity index (χ2n) is 2.40. The molecule has 0 N–H and O–H groups in total. The molecule has 1 aromatic heterocycles. The number of nitrogens with zero attached hydrogens (tertiary/aromatic N) is 2. The number of halogens is 2. The normalized spacial score (nSPS) is 10.0. The minimum absolute atomic E-state index is 0.150. The zero-order chi connectivity index (χ0) is 9.84. The van der Waals surface area contributed by atoms with Crippen LogP contribution in [0.4, 0.5) is 0 Å². The van der Waals surface area contributed by atoms with Crippen molar-refractivity contribution in [1.29, 1.82) is 0 Å². The summed E-state index contributed by atoms with van der Waals surface area (Å²) in [6.07, 6.45) is 1.73. The smallest absolute Gasteiger partial charge is 0.208 e. The lowest BCUT2D eigenvalue weighted by Gasteiger charge is -1.99. The van der Waals surface area contributed by atoms with Crippen molar-refractivity contribution in [1.82, 2.24) is 4.98 Å². The fourth-order valence-electron chi connectivity index (χ4n) is 0.831. The van der Waals surface area contributed by atoms with Crippen LogP contribution in [0, 0.1) is 10.1 Å². The zero-order valence-corrected chi connectivity index (χ0v) is 8.05. The highest BCUT2D eigenvalue weighted by atomic mass is 35.5. The molecule has 0 fully saturated rings. The topological polar surface area (TPSA) is 56.0 Å². The predicted molar refractivity (Wildman–Crippen MR) is 49.8 cm³/mol. The Morgan fingerprint density at radius 1 is 1.54 bits per heavy atom. The number of rotatable bonds is 3. The molecule has 1 heterocycles. The molecule has 0 aliphatic rings. The van der Waals surface area contributed by atoms with Crippen LogP contribution < -0.4 is 0 Å². The molecular formula is C7H6Cl2N2O2. The number of aromatic nitrogens is 1. The molecule has 0 aromatic carbocycles. The van der Waals surface area contributed by atoms with Gasteiger partial charge in [0.1, 0.15) is 5.15 Å². The second-order valence-corrected chi connectivity index (χ2v) is 3.20. The van der Waals surface area contributed by atoms with Crippen molar-refractivity contribution >= 4 is 23.2 Å². The molecule has 70 valence electrons. The highest BCUT2D eigenvalue weighted by Crippen LogP contribution is 2.18. The van der Waals surface area contributed by atoms with Gasteiger partial charge in [-0.05, 0) is 11.6 Å². The Balaban J connectivity index is 2.72. The van der Waals surface area contributed by atoms with Gasteiger partial charge in [0.2, 0.25) is 6.54 Å². The Morgan fingerprint density at radius 2 is 2.23 bits per heavy atom. The van der Waals surface area contributed by atoms with E-state index in [1.54, 1.807) is 0 Å². The first kappa shape index (κ1) is 10.2. The molecule has 0 radical (unpaired) electrons. The summed E-state index contributed by atoms with van der Waals surface area (Å²) in [5.41, 5.74) is 0.641. The van der Waals surface area contributed by atoms with Crippen molar-refractivity contribution in [2.75, 3.05) is 6.54 Å². The number of pyridine rings is 1. The van der Waals surface area contributed by atoms with E-state index in [0.717, 1.165) is 0 Å². The van der Waals surface area contributed by atoms with E-state index < -0.39 is 4.92 Å². The average Bonchev–Trinajstić information content (AvgIpc) is 2.02. The summed E-state index contributed by atoms with van der Waals surface area (Å²) >= 11 is 11.3. The molecule has 0 atom stereocenters. The summed E-state index contributed by atoms with van der Waals surface area (Å²) in [4.78, 5) is 13.4. The molecule has 0 amide bonds. The maximum absolute atomic E-state index is 10.1. The van der Waals surface area contributed by atoms with Crippen molar-refractivity contribution in [2.45, 2.75) is 6.42 Å². The van der Waals surface area contributed by atoms with Crippen molar-refractivity contribution in [3.63, 3.8) is 0 Å². The Bertz CT molecular complexity index is 330. The Morgan fingerprint density at radius 3 is 2.77 bits per heavy atom. The minimum Gasteiger partial charge on any atom is -0.265 e. The first-order valence-corrected chi connectivity index (χ1v) is 4.27. The van der Waals surface area contributed by atoms with Crippen LogP contribution in [0.15, 0.2) is 12.3 Å². The molecule has 0 bridgehead atoms. The summed E-state index contributed by atoms with van der Waals surface area (Å²) in [5, 5.41) is 10.8. The second kappa shape index (κ2) is 4.39. The van der Waals surface area contributed by atoms with Crippen LogP contribution in [0.2, 0.25) is 10.2 Å². The highest BCUT2D eigenvalue weighted by molar-refractivity contribution is 6.34. The van der Waals surface area contributed by atoms with Crippen LogP contribution in [-0.2, 0) is 6.42 Å². The standard InChI is InChI=1S/C7H6Cl2N2O2/c8-6-3-7(9)10-4-5(6)1-2-11(12)13/h3-4H,1-2H2. The van der Waals surface area contributed by atoms with E-state index in [9.17, 15) is 10.1 Å². The monoisotopic (exact) mass is 220 g/mol. The molecule has 13 heavy (non-hydrogen) atoms. The van der Waals surface area contributed by atoms with E-state index in [0.29, 0.717) is 10.6 Å². The lowest BCUT2D eigenvalue weighted by atomic mass is 10.2. The summed E-state index contributed by atoms with van der Waals surface area (Å²) in [5.74, 6) is 0. The minimum atomic E-state index is -0.398. The van der Waals surface area contributed by atoms with E-state index >= 15 is 0 Å². The molecule has 1 rings (SSSR count). The van der Waals surface area contributed by atoms with Crippen LogP contribution in [0.1, 0.15) is 5.56 Å². The van der Waals surface area contributed by atoms with Gasteiger partial charge in [0.15, 0.2) is 0 Å². The van der Waals surface area contributed by atoms with Crippen LogP contribution >= 0.6 is 23.2 Å². The fourth-order valence-corrected chi connectivity index (χ4v) is 1.29. The van der Waals surface area contributed by atoms with Gasteiger partial charge in [-0.3, -0.25) is 10.1 Å². The van der Waals surface area contributed by atoms with Crippen molar-refractivity contribution in [2.24, 2.45) is 0 Å². The molecule has 4 nitrogen and oxygen atoms in total. The molecule has 0 spiro atoms. The average molecular weight is 221 g/mol. The van der Waals surface area contributed by atoms with Crippen LogP contribution in [0.5, 0.6) is 0 Å². The van der Waals surface area contributed by atoms with Crippen LogP contribution in [0.3, 0.4) is 0 Å². The third kappa shape index (κ3) is 3.16. The van der Waals surface area contributed by atoms with E-state index in [1.165, 1.54) is 12.3 Å². The third-order valence-electron chi connectivity index (χ3n) is 1.46. The van der Waals surface area contributed by atoms with Gasteiger partial charge in [-0.15, -0.1) is 0 Å². The van der Waals surface area contributed by atoms with Gasteiger partial charge in [-0.1, -0.05) is 23.2 Å². The summed E-state index contributed by atoms with van der Waals surface area (Å²) in [7, 11) is 0. The molecule has 1 aromatic rings. The van der Waals surface area contributed by atoms with E-state index in [-0.39, 0.29) is 18.1 Å². The molecule has 0 unspecified atom stereocenters. The van der Waals surface area contributed by atoms with Crippen LogP contribution in [0.25, 0.3) is 0 Å². The number of hydrogen-bond acceptors (Lipinski definition) is 3. The van der Waals surface area contributed by atoms with E-state index in [1.807, 2.05) is 0 Å². The van der Waals surface area contributed by atoms with E-state index in [4.69, 9.17) is 23.2 Å². The number of nitro groups is 1. The van der Waals surface area contributed by atoms with Gasteiger partial charge in [0.25, 0.3) is 0 Å². The van der Waals surface area contributed by atoms with Gasteiger partial charge in [0, 0.05) is 22.6 Å². The van der Waals surface area contributed by atoms with Crippen LogP contribution in [-0.4, -0.2) is 16.5 Å². The summed E-state index contributed by atoms with van der Waals surface area (Å²) in [6, 6.07) is 1.47. The third-order valence-corrected chi connectivity index (χ3v) is 2.02. The lowest BCUT2D eigenvalue weighted by molar-refractivity contribution is -0.479. The van der Waals surface area contributed by atoms with Gasteiger partial charge >= 0.3 is 0 Å². The lowest BCUT2D eigenvalue weighted by Crippen LogP contribution is -2.04. The van der Waals surface area contributed by atoms with E-state index in [2.05, 4.69) is 4.98 Å². The van der Waals surface area contributed by atoms with Gasteiger partial charge < -0.3 is 0 Å². The number of hydrogen-bond donors (Lipinski definition) is 0. The predicted octanol–water partition coefficient (Wildman–Crippen LogP) is 2.21. The molecule has 0 aliphatic heterocycles. The van der Waals surface area contributed by atoms with Crippen molar-refractivity contribution in [3.05, 3.63) is 38.1 Å². The Labute approximate surface area is 84.6 Å². The van der Waals surface area contributed by atoms with Gasteiger partial charge in [-0.2, -0.15) is 0 Å². The first-order valence-electron chi connectivity index (χ1n) is 3.51. The van der Waals surface area contributed by atoms with Crippen molar-refractivity contribution in [3.8, 4) is 0 Å². The zero-order valence-electron chi connectivity index (χ0n) is 6.54. The first-order chi connectivity index (χ1) is 6.09. The quantitative estimate of drug-likeness (QED) is 0.446. The summed E-state index contributed by atoms with van der Waals surface area (Å²) < 4.78 is 0. The molecule has 0 saturated carbocycles. The molecular weight excluding hydrogens is 215 g/mol. The van der Waals surface area contributed by atoms with Gasteiger partial charge in [0.05, 0.1) is 0 Å². The van der Waals surface area contributed by atoms with Crippen molar-refractivity contribution < 1.29 is 4.92 Å². The largest absolute Gasteiger partial charge is 0.265 e. The SMILES string of the molecule is O=[N+]([O-])CCc1cnc(Cl)cc1Cl.